The first-order valence-corrected chi connectivity index (χ1v) is 7.66. The standard InChI is InChI=1S/C15H21ClN4O/c1-2-6-14(19-8-3-4-9-19)15(21)17-7-5-10-20-12-13(16)11-18-20/h3-4,8-9,11-12,14H,2,5-7,10H2,1H3,(H,17,21)/t14-/m0/s1. The maximum Gasteiger partial charge on any atom is 0.243 e. The summed E-state index contributed by atoms with van der Waals surface area (Å²) in [5, 5.41) is 7.74. The highest BCUT2D eigenvalue weighted by atomic mass is 35.5. The SMILES string of the molecule is CCC[C@@H](C(=O)NCCCn1cc(Cl)cn1)n1cccc1. The second-order valence-electron chi connectivity index (χ2n) is 5.00. The molecular weight excluding hydrogens is 288 g/mol. The third kappa shape index (κ3) is 4.63. The van der Waals surface area contributed by atoms with Gasteiger partial charge in [-0.3, -0.25) is 9.48 Å². The maximum absolute atomic E-state index is 12.3. The van der Waals surface area contributed by atoms with Crippen LogP contribution in [0.5, 0.6) is 0 Å². The van der Waals surface area contributed by atoms with Gasteiger partial charge in [-0.1, -0.05) is 24.9 Å². The molecule has 0 aliphatic rings. The highest BCUT2D eigenvalue weighted by Gasteiger charge is 2.17. The normalized spacial score (nSPS) is 12.3. The number of nitrogens with zero attached hydrogens (tertiary/aromatic N) is 3. The molecule has 2 heterocycles. The summed E-state index contributed by atoms with van der Waals surface area (Å²) < 4.78 is 3.75. The second kappa shape index (κ2) is 7.88. The molecule has 0 radical (unpaired) electrons. The lowest BCUT2D eigenvalue weighted by molar-refractivity contribution is -0.124. The van der Waals surface area contributed by atoms with Crippen LogP contribution in [0.1, 0.15) is 32.2 Å². The van der Waals surface area contributed by atoms with Gasteiger partial charge in [0.2, 0.25) is 5.91 Å². The average molecular weight is 309 g/mol. The molecule has 2 rings (SSSR count). The summed E-state index contributed by atoms with van der Waals surface area (Å²) in [6.45, 7) is 3.47. The lowest BCUT2D eigenvalue weighted by Crippen LogP contribution is -2.33. The number of hydrogen-bond acceptors (Lipinski definition) is 2. The van der Waals surface area contributed by atoms with Crippen molar-refractivity contribution in [1.29, 1.82) is 0 Å². The van der Waals surface area contributed by atoms with Crippen molar-refractivity contribution in [2.75, 3.05) is 6.54 Å². The Hall–Kier alpha value is -1.75. The zero-order valence-electron chi connectivity index (χ0n) is 12.2. The summed E-state index contributed by atoms with van der Waals surface area (Å²) >= 11 is 5.80. The van der Waals surface area contributed by atoms with Gasteiger partial charge in [0.1, 0.15) is 6.04 Å². The summed E-state index contributed by atoms with van der Waals surface area (Å²) in [5.41, 5.74) is 0. The summed E-state index contributed by atoms with van der Waals surface area (Å²) in [5.74, 6) is 0.0755. The van der Waals surface area contributed by atoms with Crippen molar-refractivity contribution in [3.05, 3.63) is 41.9 Å². The number of halogens is 1. The molecule has 1 N–H and O–H groups in total. The molecule has 21 heavy (non-hydrogen) atoms. The number of carbonyl (C=O) groups excluding carboxylic acids is 1. The Morgan fingerprint density at radius 1 is 1.43 bits per heavy atom. The van der Waals surface area contributed by atoms with E-state index in [0.29, 0.717) is 11.6 Å². The van der Waals surface area contributed by atoms with E-state index < -0.39 is 0 Å². The van der Waals surface area contributed by atoms with Crippen molar-refractivity contribution in [3.63, 3.8) is 0 Å². The quantitative estimate of drug-likeness (QED) is 0.762. The van der Waals surface area contributed by atoms with Crippen LogP contribution in [-0.4, -0.2) is 26.8 Å². The van der Waals surface area contributed by atoms with Gasteiger partial charge in [0.25, 0.3) is 0 Å². The van der Waals surface area contributed by atoms with Crippen molar-refractivity contribution in [2.24, 2.45) is 0 Å². The highest BCUT2D eigenvalue weighted by Crippen LogP contribution is 2.14. The fraction of sp³-hybridized carbons (Fsp3) is 0.467. The Labute approximate surface area is 129 Å². The van der Waals surface area contributed by atoms with Crippen LogP contribution in [0, 0.1) is 0 Å². The fourth-order valence-corrected chi connectivity index (χ4v) is 2.43. The second-order valence-corrected chi connectivity index (χ2v) is 5.44. The van der Waals surface area contributed by atoms with E-state index in [1.165, 1.54) is 0 Å². The van der Waals surface area contributed by atoms with Crippen molar-refractivity contribution in [1.82, 2.24) is 19.7 Å². The van der Waals surface area contributed by atoms with Gasteiger partial charge in [0.05, 0.1) is 11.2 Å². The molecule has 0 aliphatic carbocycles. The number of carbonyl (C=O) groups is 1. The van der Waals surface area contributed by atoms with Crippen molar-refractivity contribution < 1.29 is 4.79 Å². The molecule has 5 nitrogen and oxygen atoms in total. The van der Waals surface area contributed by atoms with E-state index in [1.807, 2.05) is 29.1 Å². The molecule has 0 spiro atoms. The largest absolute Gasteiger partial charge is 0.354 e. The Kier molecular flexibility index (Phi) is 5.87. The van der Waals surface area contributed by atoms with Crippen LogP contribution < -0.4 is 5.32 Å². The van der Waals surface area contributed by atoms with Crippen LogP contribution in [-0.2, 0) is 11.3 Å². The van der Waals surface area contributed by atoms with Crippen LogP contribution in [0.4, 0.5) is 0 Å². The molecule has 1 atom stereocenters. The molecule has 2 aromatic heterocycles. The van der Waals surface area contributed by atoms with Gasteiger partial charge in [-0.2, -0.15) is 5.10 Å². The van der Waals surface area contributed by atoms with Crippen LogP contribution in [0.15, 0.2) is 36.9 Å². The lowest BCUT2D eigenvalue weighted by Gasteiger charge is -2.18. The molecule has 2 aromatic rings. The van der Waals surface area contributed by atoms with Crippen LogP contribution >= 0.6 is 11.6 Å². The first-order valence-electron chi connectivity index (χ1n) is 7.29. The van der Waals surface area contributed by atoms with E-state index in [1.54, 1.807) is 17.1 Å². The molecule has 0 aromatic carbocycles. The summed E-state index contributed by atoms with van der Waals surface area (Å²) in [6, 6.07) is 3.76. The fourth-order valence-electron chi connectivity index (χ4n) is 2.28. The van der Waals surface area contributed by atoms with Gasteiger partial charge in [0, 0.05) is 31.7 Å². The van der Waals surface area contributed by atoms with Crippen LogP contribution in [0.2, 0.25) is 5.02 Å². The molecule has 0 aliphatic heterocycles. The molecule has 0 unspecified atom stereocenters. The van der Waals surface area contributed by atoms with E-state index in [0.717, 1.165) is 25.8 Å². The molecule has 6 heteroatoms. The van der Waals surface area contributed by atoms with E-state index in [4.69, 9.17) is 11.6 Å². The molecule has 0 saturated carbocycles. The average Bonchev–Trinajstić information content (AvgIpc) is 3.12. The zero-order valence-corrected chi connectivity index (χ0v) is 13.0. The smallest absolute Gasteiger partial charge is 0.243 e. The van der Waals surface area contributed by atoms with Crippen molar-refractivity contribution >= 4 is 17.5 Å². The molecular formula is C15H21ClN4O. The number of amides is 1. The summed E-state index contributed by atoms with van der Waals surface area (Å²) in [6.07, 6.45) is 9.91. The highest BCUT2D eigenvalue weighted by molar-refractivity contribution is 6.30. The Morgan fingerprint density at radius 2 is 2.19 bits per heavy atom. The van der Waals surface area contributed by atoms with Gasteiger partial charge in [0.15, 0.2) is 0 Å². The van der Waals surface area contributed by atoms with Crippen molar-refractivity contribution in [3.8, 4) is 0 Å². The number of rotatable bonds is 8. The topological polar surface area (TPSA) is 51.9 Å². The minimum Gasteiger partial charge on any atom is -0.354 e. The third-order valence-corrected chi connectivity index (χ3v) is 3.51. The third-order valence-electron chi connectivity index (χ3n) is 3.32. The maximum atomic E-state index is 12.3. The van der Waals surface area contributed by atoms with E-state index in [2.05, 4.69) is 17.3 Å². The monoisotopic (exact) mass is 308 g/mol. The van der Waals surface area contributed by atoms with Crippen LogP contribution in [0.3, 0.4) is 0 Å². The Bertz CT molecular complexity index is 550. The number of nitrogens with one attached hydrogen (secondary N) is 1. The molecule has 0 bridgehead atoms. The van der Waals surface area contributed by atoms with Gasteiger partial charge in [-0.05, 0) is 25.0 Å². The number of aryl methyl sites for hydroxylation is 1. The first kappa shape index (κ1) is 15.6. The Balaban J connectivity index is 1.77. The predicted octanol–water partition coefficient (Wildman–Crippen LogP) is 2.89. The minimum atomic E-state index is -0.121. The summed E-state index contributed by atoms with van der Waals surface area (Å²) in [7, 11) is 0. The molecule has 0 fully saturated rings. The van der Waals surface area contributed by atoms with E-state index >= 15 is 0 Å². The predicted molar refractivity (Wildman–Crippen MR) is 83.2 cm³/mol. The van der Waals surface area contributed by atoms with Gasteiger partial charge >= 0.3 is 0 Å². The Morgan fingerprint density at radius 3 is 2.81 bits per heavy atom. The molecule has 1 amide bonds. The lowest BCUT2D eigenvalue weighted by atomic mass is 10.1. The van der Waals surface area contributed by atoms with Gasteiger partial charge < -0.3 is 9.88 Å². The van der Waals surface area contributed by atoms with Crippen LogP contribution in [0.25, 0.3) is 0 Å². The molecule has 0 saturated heterocycles. The van der Waals surface area contributed by atoms with Gasteiger partial charge in [-0.25, -0.2) is 0 Å². The minimum absolute atomic E-state index is 0.0755. The molecule has 114 valence electrons. The van der Waals surface area contributed by atoms with Crippen molar-refractivity contribution in [2.45, 2.75) is 38.8 Å². The van der Waals surface area contributed by atoms with E-state index in [-0.39, 0.29) is 11.9 Å². The number of hydrogen-bond donors (Lipinski definition) is 1. The van der Waals surface area contributed by atoms with Gasteiger partial charge in [-0.15, -0.1) is 0 Å². The number of aromatic nitrogens is 3. The first-order chi connectivity index (χ1) is 10.2. The van der Waals surface area contributed by atoms with E-state index in [9.17, 15) is 4.79 Å². The zero-order chi connectivity index (χ0) is 15.1. The summed E-state index contributed by atoms with van der Waals surface area (Å²) in [4.78, 5) is 12.3.